The highest BCUT2D eigenvalue weighted by Crippen LogP contribution is 2.18. The zero-order valence-electron chi connectivity index (χ0n) is 11.2. The Morgan fingerprint density at radius 2 is 2.00 bits per heavy atom. The van der Waals surface area contributed by atoms with E-state index in [0.29, 0.717) is 11.5 Å². The molecule has 0 aliphatic rings. The van der Waals surface area contributed by atoms with Gasteiger partial charge in [-0.25, -0.2) is 4.98 Å². The number of anilines is 1. The fraction of sp³-hybridized carbons (Fsp3) is 0.538. The lowest BCUT2D eigenvalue weighted by Gasteiger charge is -2.27. The van der Waals surface area contributed by atoms with Crippen LogP contribution in [0, 0.1) is 5.41 Å². The van der Waals surface area contributed by atoms with Crippen LogP contribution in [0.1, 0.15) is 38.2 Å². The second-order valence-electron chi connectivity index (χ2n) is 5.22. The van der Waals surface area contributed by atoms with Crippen LogP contribution in [-0.4, -0.2) is 24.0 Å². The maximum Gasteiger partial charge on any atom is 0.270 e. The lowest BCUT2D eigenvalue weighted by molar-refractivity contribution is 0.0905. The summed E-state index contributed by atoms with van der Waals surface area (Å²) in [5.41, 5.74) is 0.476. The minimum Gasteiger partial charge on any atom is -0.373 e. The van der Waals surface area contributed by atoms with Gasteiger partial charge in [0.25, 0.3) is 5.91 Å². The molecule has 17 heavy (non-hydrogen) atoms. The Balaban J connectivity index is 2.76. The van der Waals surface area contributed by atoms with E-state index in [1.54, 1.807) is 13.1 Å². The van der Waals surface area contributed by atoms with Crippen molar-refractivity contribution in [3.8, 4) is 0 Å². The minimum absolute atomic E-state index is 0.0380. The third-order valence-corrected chi connectivity index (χ3v) is 2.88. The molecule has 1 amide bonds. The molecule has 2 N–H and O–H groups in total. The van der Waals surface area contributed by atoms with Gasteiger partial charge in [0, 0.05) is 13.1 Å². The Morgan fingerprint density at radius 3 is 2.53 bits per heavy atom. The van der Waals surface area contributed by atoms with Gasteiger partial charge >= 0.3 is 0 Å². The van der Waals surface area contributed by atoms with Crippen LogP contribution in [0.2, 0.25) is 0 Å². The van der Waals surface area contributed by atoms with Crippen LogP contribution in [0.15, 0.2) is 18.2 Å². The highest BCUT2D eigenvalue weighted by atomic mass is 16.1. The molecule has 0 bridgehead atoms. The number of aromatic nitrogens is 1. The lowest BCUT2D eigenvalue weighted by Crippen LogP contribution is -2.41. The van der Waals surface area contributed by atoms with Crippen molar-refractivity contribution >= 4 is 11.7 Å². The van der Waals surface area contributed by atoms with Gasteiger partial charge in [0.1, 0.15) is 11.5 Å². The van der Waals surface area contributed by atoms with Gasteiger partial charge in [0.05, 0.1) is 0 Å². The molecular formula is C13H21N3O. The van der Waals surface area contributed by atoms with E-state index in [0.717, 1.165) is 0 Å². The second-order valence-corrected chi connectivity index (χ2v) is 5.22. The Kier molecular flexibility index (Phi) is 4.10. The van der Waals surface area contributed by atoms with Crippen LogP contribution in [0.25, 0.3) is 0 Å². The molecule has 1 heterocycles. The maximum absolute atomic E-state index is 12.0. The molecule has 0 aliphatic carbocycles. The predicted molar refractivity (Wildman–Crippen MR) is 70.2 cm³/mol. The van der Waals surface area contributed by atoms with E-state index in [1.807, 2.05) is 19.1 Å². The molecule has 4 nitrogen and oxygen atoms in total. The Bertz CT molecular complexity index is 396. The van der Waals surface area contributed by atoms with Crippen LogP contribution >= 0.6 is 0 Å². The number of rotatable bonds is 3. The molecule has 0 aliphatic heterocycles. The molecular weight excluding hydrogens is 214 g/mol. The summed E-state index contributed by atoms with van der Waals surface area (Å²) in [5.74, 6) is 0.561. The minimum atomic E-state index is -0.135. The summed E-state index contributed by atoms with van der Waals surface area (Å²) in [7, 11) is 1.78. The van der Waals surface area contributed by atoms with Gasteiger partial charge in [-0.05, 0) is 24.5 Å². The zero-order valence-corrected chi connectivity index (χ0v) is 11.2. The Labute approximate surface area is 103 Å². The molecule has 1 aromatic heterocycles. The summed E-state index contributed by atoms with van der Waals surface area (Å²) in [6.07, 6.45) is 0. The van der Waals surface area contributed by atoms with Crippen LogP contribution in [0.4, 0.5) is 5.82 Å². The summed E-state index contributed by atoms with van der Waals surface area (Å²) in [4.78, 5) is 16.2. The van der Waals surface area contributed by atoms with E-state index < -0.39 is 0 Å². The number of carbonyl (C=O) groups is 1. The van der Waals surface area contributed by atoms with E-state index in [9.17, 15) is 4.79 Å². The summed E-state index contributed by atoms with van der Waals surface area (Å²) in [6, 6.07) is 5.44. The normalized spacial score (nSPS) is 13.0. The average Bonchev–Trinajstić information content (AvgIpc) is 2.27. The highest BCUT2D eigenvalue weighted by Gasteiger charge is 2.22. The highest BCUT2D eigenvalue weighted by molar-refractivity contribution is 5.92. The van der Waals surface area contributed by atoms with E-state index in [4.69, 9.17) is 0 Å². The molecule has 1 unspecified atom stereocenters. The lowest BCUT2D eigenvalue weighted by atomic mass is 9.88. The monoisotopic (exact) mass is 235 g/mol. The fourth-order valence-corrected chi connectivity index (χ4v) is 1.19. The number of carbonyl (C=O) groups excluding carboxylic acids is 1. The van der Waals surface area contributed by atoms with Gasteiger partial charge in [-0.2, -0.15) is 0 Å². The first kappa shape index (κ1) is 13.5. The fourth-order valence-electron chi connectivity index (χ4n) is 1.19. The smallest absolute Gasteiger partial charge is 0.270 e. The van der Waals surface area contributed by atoms with Crippen molar-refractivity contribution in [2.24, 2.45) is 5.41 Å². The van der Waals surface area contributed by atoms with Gasteiger partial charge in [-0.1, -0.05) is 26.8 Å². The number of nitrogens with zero attached hydrogens (tertiary/aromatic N) is 1. The number of nitrogens with one attached hydrogen (secondary N) is 2. The molecule has 0 spiro atoms. The van der Waals surface area contributed by atoms with Crippen LogP contribution in [0.5, 0.6) is 0 Å². The molecule has 94 valence electrons. The number of amides is 1. The van der Waals surface area contributed by atoms with Gasteiger partial charge in [-0.15, -0.1) is 0 Å². The zero-order chi connectivity index (χ0) is 13.1. The van der Waals surface area contributed by atoms with Gasteiger partial charge < -0.3 is 10.6 Å². The summed E-state index contributed by atoms with van der Waals surface area (Å²) < 4.78 is 0. The van der Waals surface area contributed by atoms with Crippen molar-refractivity contribution in [3.63, 3.8) is 0 Å². The molecule has 0 aromatic carbocycles. The predicted octanol–water partition coefficient (Wildman–Crippen LogP) is 2.29. The Hall–Kier alpha value is -1.58. The first-order valence-electron chi connectivity index (χ1n) is 5.80. The van der Waals surface area contributed by atoms with Crippen molar-refractivity contribution < 1.29 is 4.79 Å². The van der Waals surface area contributed by atoms with Crippen molar-refractivity contribution in [1.29, 1.82) is 0 Å². The first-order chi connectivity index (χ1) is 7.84. The topological polar surface area (TPSA) is 54.0 Å². The SMILES string of the molecule is CNc1cccc(C(=O)NC(C)C(C)(C)C)n1. The maximum atomic E-state index is 12.0. The van der Waals surface area contributed by atoms with Crippen molar-refractivity contribution in [1.82, 2.24) is 10.3 Å². The third-order valence-electron chi connectivity index (χ3n) is 2.88. The van der Waals surface area contributed by atoms with Crippen LogP contribution < -0.4 is 10.6 Å². The molecule has 1 aromatic rings. The standard InChI is InChI=1S/C13H21N3O/c1-9(13(2,3)4)15-12(17)10-7-6-8-11(14-5)16-10/h6-9H,1-5H3,(H,14,16)(H,15,17). The van der Waals surface area contributed by atoms with Gasteiger partial charge in [-0.3, -0.25) is 4.79 Å². The van der Waals surface area contributed by atoms with Gasteiger partial charge in [0.2, 0.25) is 0 Å². The largest absolute Gasteiger partial charge is 0.373 e. The quantitative estimate of drug-likeness (QED) is 0.845. The molecule has 1 atom stereocenters. The molecule has 0 fully saturated rings. The van der Waals surface area contributed by atoms with E-state index in [1.165, 1.54) is 0 Å². The van der Waals surface area contributed by atoms with Crippen molar-refractivity contribution in [2.45, 2.75) is 33.7 Å². The number of hydrogen-bond donors (Lipinski definition) is 2. The second kappa shape index (κ2) is 5.17. The number of pyridine rings is 1. The van der Waals surface area contributed by atoms with Crippen molar-refractivity contribution in [3.05, 3.63) is 23.9 Å². The Morgan fingerprint density at radius 1 is 1.35 bits per heavy atom. The first-order valence-corrected chi connectivity index (χ1v) is 5.80. The molecule has 0 radical (unpaired) electrons. The molecule has 4 heteroatoms. The summed E-state index contributed by atoms with van der Waals surface area (Å²) >= 11 is 0. The summed E-state index contributed by atoms with van der Waals surface area (Å²) in [6.45, 7) is 8.28. The third kappa shape index (κ3) is 3.73. The van der Waals surface area contributed by atoms with Gasteiger partial charge in [0.15, 0.2) is 0 Å². The molecule has 1 rings (SSSR count). The van der Waals surface area contributed by atoms with E-state index in [-0.39, 0.29) is 17.4 Å². The average molecular weight is 235 g/mol. The van der Waals surface area contributed by atoms with Crippen LogP contribution in [0.3, 0.4) is 0 Å². The number of hydrogen-bond acceptors (Lipinski definition) is 3. The van der Waals surface area contributed by atoms with E-state index >= 15 is 0 Å². The van der Waals surface area contributed by atoms with Crippen molar-refractivity contribution in [2.75, 3.05) is 12.4 Å². The van der Waals surface area contributed by atoms with E-state index in [2.05, 4.69) is 36.4 Å². The molecule has 0 saturated heterocycles. The summed E-state index contributed by atoms with van der Waals surface area (Å²) in [5, 5.41) is 5.87. The molecule has 0 saturated carbocycles. The van der Waals surface area contributed by atoms with Crippen LogP contribution in [-0.2, 0) is 0 Å².